The summed E-state index contributed by atoms with van der Waals surface area (Å²) < 4.78 is 6.16. The summed E-state index contributed by atoms with van der Waals surface area (Å²) >= 11 is 9.19. The first-order valence-corrected chi connectivity index (χ1v) is 5.49. The van der Waals surface area contributed by atoms with Gasteiger partial charge in [0.25, 0.3) is 0 Å². The standard InChI is InChI=1S/C8H10BrClN2O2/c1-5-6(10)7(8(13)14-2)12(11-5)4-3-9/h3-4H2,1-2H3. The highest BCUT2D eigenvalue weighted by Gasteiger charge is 2.20. The number of halogens is 2. The lowest BCUT2D eigenvalue weighted by molar-refractivity contribution is 0.0587. The Labute approximate surface area is 95.3 Å². The molecule has 0 aromatic carbocycles. The molecule has 1 heterocycles. The minimum atomic E-state index is -0.462. The molecule has 0 aliphatic rings. The predicted octanol–water partition coefficient (Wildman–Crippen LogP) is 2.03. The second kappa shape index (κ2) is 4.79. The number of hydrogen-bond acceptors (Lipinski definition) is 3. The summed E-state index contributed by atoms with van der Waals surface area (Å²) in [4.78, 5) is 11.4. The fraction of sp³-hybridized carbons (Fsp3) is 0.500. The van der Waals surface area contributed by atoms with E-state index in [0.29, 0.717) is 28.3 Å². The lowest BCUT2D eigenvalue weighted by Gasteiger charge is -2.03. The number of aryl methyl sites for hydroxylation is 2. The van der Waals surface area contributed by atoms with Crippen molar-refractivity contribution in [1.29, 1.82) is 0 Å². The van der Waals surface area contributed by atoms with Crippen LogP contribution in [0.5, 0.6) is 0 Å². The van der Waals surface area contributed by atoms with Gasteiger partial charge in [-0.2, -0.15) is 5.10 Å². The van der Waals surface area contributed by atoms with Crippen molar-refractivity contribution in [2.45, 2.75) is 13.5 Å². The van der Waals surface area contributed by atoms with Crippen LogP contribution >= 0.6 is 27.5 Å². The van der Waals surface area contributed by atoms with Crippen LogP contribution in [0, 0.1) is 6.92 Å². The van der Waals surface area contributed by atoms with Crippen molar-refractivity contribution in [3.05, 3.63) is 16.4 Å². The van der Waals surface area contributed by atoms with Crippen molar-refractivity contribution in [2.75, 3.05) is 12.4 Å². The number of nitrogens with zero attached hydrogens (tertiary/aromatic N) is 2. The molecule has 0 bridgehead atoms. The molecule has 1 rings (SSSR count). The van der Waals surface area contributed by atoms with Gasteiger partial charge in [-0.25, -0.2) is 4.79 Å². The number of methoxy groups -OCH3 is 1. The van der Waals surface area contributed by atoms with Crippen LogP contribution in [0.15, 0.2) is 0 Å². The lowest BCUT2D eigenvalue weighted by atomic mass is 10.3. The summed E-state index contributed by atoms with van der Waals surface area (Å²) in [6.07, 6.45) is 0. The van der Waals surface area contributed by atoms with Gasteiger partial charge in [0.05, 0.1) is 24.4 Å². The van der Waals surface area contributed by atoms with Gasteiger partial charge in [0.15, 0.2) is 5.69 Å². The molecule has 0 spiro atoms. The average Bonchev–Trinajstić information content (AvgIpc) is 2.43. The maximum absolute atomic E-state index is 11.4. The van der Waals surface area contributed by atoms with Gasteiger partial charge < -0.3 is 4.74 Å². The van der Waals surface area contributed by atoms with Crippen molar-refractivity contribution in [1.82, 2.24) is 9.78 Å². The molecule has 0 amide bonds. The van der Waals surface area contributed by atoms with Crippen LogP contribution in [-0.2, 0) is 11.3 Å². The first-order valence-electron chi connectivity index (χ1n) is 3.99. The van der Waals surface area contributed by atoms with Gasteiger partial charge in [-0.3, -0.25) is 4.68 Å². The first kappa shape index (κ1) is 11.5. The number of esters is 1. The summed E-state index contributed by atoms with van der Waals surface area (Å²) in [5, 5.41) is 5.18. The number of hydrogen-bond donors (Lipinski definition) is 0. The number of carbonyl (C=O) groups excluding carboxylic acids is 1. The summed E-state index contributed by atoms with van der Waals surface area (Å²) in [6.45, 7) is 2.33. The van der Waals surface area contributed by atoms with Gasteiger partial charge in [0.1, 0.15) is 0 Å². The third kappa shape index (κ3) is 2.09. The number of carbonyl (C=O) groups is 1. The molecule has 0 atom stereocenters. The van der Waals surface area contributed by atoms with E-state index in [1.807, 2.05) is 0 Å². The lowest BCUT2D eigenvalue weighted by Crippen LogP contribution is -2.13. The Balaban J connectivity index is 3.15. The van der Waals surface area contributed by atoms with Crippen LogP contribution in [-0.4, -0.2) is 28.2 Å². The quantitative estimate of drug-likeness (QED) is 0.629. The second-order valence-electron chi connectivity index (χ2n) is 2.65. The molecule has 0 saturated heterocycles. The Kier molecular flexibility index (Phi) is 3.95. The summed E-state index contributed by atoms with van der Waals surface area (Å²) in [7, 11) is 1.32. The molecule has 14 heavy (non-hydrogen) atoms. The van der Waals surface area contributed by atoms with Crippen LogP contribution in [0.25, 0.3) is 0 Å². The highest BCUT2D eigenvalue weighted by atomic mass is 79.9. The van der Waals surface area contributed by atoms with E-state index in [1.165, 1.54) is 11.8 Å². The Morgan fingerprint density at radius 2 is 2.36 bits per heavy atom. The molecule has 0 fully saturated rings. The fourth-order valence-corrected chi connectivity index (χ4v) is 1.64. The molecule has 6 heteroatoms. The Hall–Kier alpha value is -0.550. The van der Waals surface area contributed by atoms with E-state index in [-0.39, 0.29) is 0 Å². The Bertz CT molecular complexity index is 351. The summed E-state index contributed by atoms with van der Waals surface area (Å²) in [6, 6.07) is 0. The molecule has 4 nitrogen and oxygen atoms in total. The van der Waals surface area contributed by atoms with Crippen LogP contribution in [0.2, 0.25) is 5.02 Å². The van der Waals surface area contributed by atoms with E-state index in [4.69, 9.17) is 11.6 Å². The van der Waals surface area contributed by atoms with Crippen LogP contribution < -0.4 is 0 Å². The third-order valence-electron chi connectivity index (χ3n) is 1.73. The van der Waals surface area contributed by atoms with Gasteiger partial charge in [0.2, 0.25) is 0 Å². The molecule has 0 radical (unpaired) electrons. The normalized spacial score (nSPS) is 10.3. The van der Waals surface area contributed by atoms with Crippen molar-refractivity contribution < 1.29 is 9.53 Å². The predicted molar refractivity (Wildman–Crippen MR) is 57.1 cm³/mol. The van der Waals surface area contributed by atoms with Crippen molar-refractivity contribution >= 4 is 33.5 Å². The van der Waals surface area contributed by atoms with Gasteiger partial charge >= 0.3 is 5.97 Å². The Morgan fingerprint density at radius 3 is 2.86 bits per heavy atom. The van der Waals surface area contributed by atoms with Crippen LogP contribution in [0.1, 0.15) is 16.2 Å². The number of rotatable bonds is 3. The molecular formula is C8H10BrClN2O2. The zero-order chi connectivity index (χ0) is 10.7. The van der Waals surface area contributed by atoms with Crippen LogP contribution in [0.3, 0.4) is 0 Å². The summed E-state index contributed by atoms with van der Waals surface area (Å²) in [5.74, 6) is -0.462. The van der Waals surface area contributed by atoms with E-state index >= 15 is 0 Å². The number of ether oxygens (including phenoxy) is 1. The molecule has 0 unspecified atom stereocenters. The first-order chi connectivity index (χ1) is 6.61. The molecule has 0 saturated carbocycles. The molecule has 0 aliphatic carbocycles. The zero-order valence-electron chi connectivity index (χ0n) is 7.88. The highest BCUT2D eigenvalue weighted by molar-refractivity contribution is 9.09. The second-order valence-corrected chi connectivity index (χ2v) is 3.82. The molecular weight excluding hydrogens is 271 g/mol. The SMILES string of the molecule is COC(=O)c1c(Cl)c(C)nn1CCBr. The molecule has 1 aromatic heterocycles. The zero-order valence-corrected chi connectivity index (χ0v) is 10.2. The highest BCUT2D eigenvalue weighted by Crippen LogP contribution is 2.20. The van der Waals surface area contributed by atoms with E-state index in [0.717, 1.165) is 0 Å². The largest absolute Gasteiger partial charge is 0.464 e. The molecule has 0 N–H and O–H groups in total. The van der Waals surface area contributed by atoms with Crippen molar-refractivity contribution in [3.8, 4) is 0 Å². The minimum Gasteiger partial charge on any atom is -0.464 e. The van der Waals surface area contributed by atoms with Crippen molar-refractivity contribution in [3.63, 3.8) is 0 Å². The third-order valence-corrected chi connectivity index (χ3v) is 2.54. The van der Waals surface area contributed by atoms with E-state index in [1.54, 1.807) is 6.92 Å². The Morgan fingerprint density at radius 1 is 1.71 bits per heavy atom. The monoisotopic (exact) mass is 280 g/mol. The topological polar surface area (TPSA) is 44.1 Å². The number of aromatic nitrogens is 2. The smallest absolute Gasteiger partial charge is 0.357 e. The van der Waals surface area contributed by atoms with Gasteiger partial charge in [0, 0.05) is 5.33 Å². The summed E-state index contributed by atoms with van der Waals surface area (Å²) in [5.41, 5.74) is 0.944. The molecule has 1 aromatic rings. The van der Waals surface area contributed by atoms with Gasteiger partial charge in [-0.15, -0.1) is 0 Å². The maximum atomic E-state index is 11.4. The van der Waals surface area contributed by atoms with E-state index < -0.39 is 5.97 Å². The van der Waals surface area contributed by atoms with Gasteiger partial charge in [-0.05, 0) is 6.92 Å². The minimum absolute atomic E-state index is 0.311. The average molecular weight is 282 g/mol. The number of alkyl halides is 1. The molecule has 78 valence electrons. The molecule has 0 aliphatic heterocycles. The van der Waals surface area contributed by atoms with Crippen LogP contribution in [0.4, 0.5) is 0 Å². The van der Waals surface area contributed by atoms with Gasteiger partial charge in [-0.1, -0.05) is 27.5 Å². The fourth-order valence-electron chi connectivity index (χ4n) is 1.09. The maximum Gasteiger partial charge on any atom is 0.357 e. The van der Waals surface area contributed by atoms with E-state index in [2.05, 4.69) is 25.8 Å². The van der Waals surface area contributed by atoms with Crippen molar-refractivity contribution in [2.24, 2.45) is 0 Å². The van der Waals surface area contributed by atoms with E-state index in [9.17, 15) is 4.79 Å².